The van der Waals surface area contributed by atoms with E-state index in [2.05, 4.69) is 11.7 Å². The average molecular weight is 189 g/mol. The summed E-state index contributed by atoms with van der Waals surface area (Å²) in [6.45, 7) is 3.25. The number of hydrogen-bond acceptors (Lipinski definition) is 1. The summed E-state index contributed by atoms with van der Waals surface area (Å²) in [5.74, 6) is 0. The highest BCUT2D eigenvalue weighted by molar-refractivity contribution is 5.18. The Bertz CT molecular complexity index is 255. The van der Waals surface area contributed by atoms with Crippen molar-refractivity contribution < 1.29 is 17.9 Å². The lowest BCUT2D eigenvalue weighted by molar-refractivity contribution is -0.338. The number of ether oxygens (including phenoxy) is 1. The largest absolute Gasteiger partial charge is 0.523 e. The van der Waals surface area contributed by atoms with E-state index < -0.39 is 12.5 Å². The molecule has 71 valence electrons. The van der Waals surface area contributed by atoms with Gasteiger partial charge in [0.25, 0.3) is 0 Å². The molecule has 0 aliphatic heterocycles. The predicted molar refractivity (Wildman–Crippen MR) is 41.7 cm³/mol. The Labute approximate surface area is 74.1 Å². The quantitative estimate of drug-likeness (QED) is 0.694. The Morgan fingerprint density at radius 2 is 1.69 bits per heavy atom. The summed E-state index contributed by atoms with van der Waals surface area (Å²) in [6, 6.07) is 8.04. The molecule has 1 aromatic carbocycles. The molecule has 1 unspecified atom stereocenters. The molecule has 0 bridgehead atoms. The topological polar surface area (TPSA) is 9.23 Å². The molecule has 1 aromatic rings. The summed E-state index contributed by atoms with van der Waals surface area (Å²) < 4.78 is 38.9. The zero-order valence-electron chi connectivity index (χ0n) is 6.71. The lowest BCUT2D eigenvalue weighted by atomic mass is 10.1. The van der Waals surface area contributed by atoms with Crippen LogP contribution in [-0.4, -0.2) is 6.36 Å². The highest BCUT2D eigenvalue weighted by atomic mass is 19.4. The first-order chi connectivity index (χ1) is 5.99. The van der Waals surface area contributed by atoms with Crippen LogP contribution >= 0.6 is 0 Å². The highest BCUT2D eigenvalue weighted by Gasteiger charge is 2.32. The zero-order chi connectivity index (χ0) is 9.90. The van der Waals surface area contributed by atoms with Crippen LogP contribution in [0.4, 0.5) is 13.2 Å². The van der Waals surface area contributed by atoms with Crippen LogP contribution in [0.15, 0.2) is 30.3 Å². The summed E-state index contributed by atoms with van der Waals surface area (Å²) in [6.07, 6.45) is -5.84. The number of rotatable bonds is 2. The van der Waals surface area contributed by atoms with Gasteiger partial charge in [0, 0.05) is 0 Å². The molecule has 0 spiro atoms. The van der Waals surface area contributed by atoms with Gasteiger partial charge in [-0.3, -0.25) is 4.74 Å². The van der Waals surface area contributed by atoms with Gasteiger partial charge in [-0.25, -0.2) is 0 Å². The lowest BCUT2D eigenvalue weighted by Crippen LogP contribution is -2.16. The van der Waals surface area contributed by atoms with Crippen molar-refractivity contribution in [1.29, 1.82) is 0 Å². The molecule has 0 saturated carbocycles. The second kappa shape index (κ2) is 3.79. The standard InChI is InChI=1S/C9H8F3O/c1-7(13-9(10,11)12)8-5-3-2-4-6-8/h2-7H,1H2. The molecule has 0 N–H and O–H groups in total. The fourth-order valence-corrected chi connectivity index (χ4v) is 0.897. The molecule has 4 heteroatoms. The molecule has 1 rings (SSSR count). The molecular weight excluding hydrogens is 181 g/mol. The van der Waals surface area contributed by atoms with Gasteiger partial charge in [0.1, 0.15) is 0 Å². The van der Waals surface area contributed by atoms with Gasteiger partial charge in [-0.1, -0.05) is 30.3 Å². The Morgan fingerprint density at radius 3 is 2.15 bits per heavy atom. The van der Waals surface area contributed by atoms with Crippen molar-refractivity contribution in [3.63, 3.8) is 0 Å². The van der Waals surface area contributed by atoms with Gasteiger partial charge in [-0.15, -0.1) is 13.2 Å². The molecular formula is C9H8F3O. The molecule has 0 heterocycles. The second-order valence-corrected chi connectivity index (χ2v) is 2.46. The van der Waals surface area contributed by atoms with Gasteiger partial charge in [-0.2, -0.15) is 0 Å². The van der Waals surface area contributed by atoms with Crippen molar-refractivity contribution in [2.45, 2.75) is 12.5 Å². The Morgan fingerprint density at radius 1 is 1.15 bits per heavy atom. The number of alkyl halides is 3. The van der Waals surface area contributed by atoms with Crippen LogP contribution in [0.25, 0.3) is 0 Å². The van der Waals surface area contributed by atoms with Crippen LogP contribution in [0.2, 0.25) is 0 Å². The van der Waals surface area contributed by atoms with Crippen LogP contribution < -0.4 is 0 Å². The Kier molecular flexibility index (Phi) is 2.93. The van der Waals surface area contributed by atoms with E-state index in [0.717, 1.165) is 0 Å². The Hall–Kier alpha value is -1.03. The molecule has 0 amide bonds. The molecule has 13 heavy (non-hydrogen) atoms. The fourth-order valence-electron chi connectivity index (χ4n) is 0.897. The minimum atomic E-state index is -4.64. The van der Waals surface area contributed by atoms with Crippen molar-refractivity contribution in [2.24, 2.45) is 0 Å². The third-order valence-corrected chi connectivity index (χ3v) is 1.45. The van der Waals surface area contributed by atoms with Crippen LogP contribution in [0.1, 0.15) is 11.7 Å². The molecule has 0 saturated heterocycles. The monoisotopic (exact) mass is 189 g/mol. The van der Waals surface area contributed by atoms with Crippen molar-refractivity contribution in [2.75, 3.05) is 0 Å². The maximum atomic E-state index is 11.7. The number of benzene rings is 1. The summed E-state index contributed by atoms with van der Waals surface area (Å²) in [7, 11) is 0. The van der Waals surface area contributed by atoms with E-state index in [9.17, 15) is 13.2 Å². The summed E-state index contributed by atoms with van der Waals surface area (Å²) in [4.78, 5) is 0. The van der Waals surface area contributed by atoms with Gasteiger partial charge in [0.15, 0.2) is 0 Å². The van der Waals surface area contributed by atoms with Crippen molar-refractivity contribution in [3.05, 3.63) is 42.8 Å². The van der Waals surface area contributed by atoms with Gasteiger partial charge in [-0.05, 0) is 12.5 Å². The summed E-state index contributed by atoms with van der Waals surface area (Å²) in [5, 5.41) is 0. The lowest BCUT2D eigenvalue weighted by Gasteiger charge is -2.14. The van der Waals surface area contributed by atoms with E-state index in [1.165, 1.54) is 12.1 Å². The molecule has 1 radical (unpaired) electrons. The van der Waals surface area contributed by atoms with Crippen molar-refractivity contribution >= 4 is 0 Å². The maximum Gasteiger partial charge on any atom is 0.523 e. The maximum absolute atomic E-state index is 11.7. The third-order valence-electron chi connectivity index (χ3n) is 1.45. The van der Waals surface area contributed by atoms with Gasteiger partial charge < -0.3 is 0 Å². The third kappa shape index (κ3) is 3.46. The highest BCUT2D eigenvalue weighted by Crippen LogP contribution is 2.26. The van der Waals surface area contributed by atoms with Crippen LogP contribution in [0.5, 0.6) is 0 Å². The molecule has 0 fully saturated rings. The Balaban J connectivity index is 2.64. The molecule has 1 atom stereocenters. The fraction of sp³-hybridized carbons (Fsp3) is 0.222. The first-order valence-corrected chi connectivity index (χ1v) is 3.61. The van der Waals surface area contributed by atoms with Crippen molar-refractivity contribution in [1.82, 2.24) is 0 Å². The van der Waals surface area contributed by atoms with E-state index in [0.29, 0.717) is 5.56 Å². The SMILES string of the molecule is [CH2]C(OC(F)(F)F)c1ccccc1. The van der Waals surface area contributed by atoms with Gasteiger partial charge >= 0.3 is 6.36 Å². The van der Waals surface area contributed by atoms with Crippen molar-refractivity contribution in [3.8, 4) is 0 Å². The summed E-state index contributed by atoms with van der Waals surface area (Å²) in [5.41, 5.74) is 0.403. The van der Waals surface area contributed by atoms with Gasteiger partial charge in [0.05, 0.1) is 6.10 Å². The molecule has 0 aliphatic carbocycles. The first-order valence-electron chi connectivity index (χ1n) is 3.61. The smallest absolute Gasteiger partial charge is 0.284 e. The number of hydrogen-bond donors (Lipinski definition) is 0. The zero-order valence-corrected chi connectivity index (χ0v) is 6.71. The van der Waals surface area contributed by atoms with E-state index >= 15 is 0 Å². The molecule has 0 aliphatic rings. The molecule has 0 aromatic heterocycles. The second-order valence-electron chi connectivity index (χ2n) is 2.46. The van der Waals surface area contributed by atoms with E-state index in [4.69, 9.17) is 0 Å². The first kappa shape index (κ1) is 10.1. The van der Waals surface area contributed by atoms with Gasteiger partial charge in [0.2, 0.25) is 0 Å². The normalized spacial score (nSPS) is 14.2. The average Bonchev–Trinajstić information content (AvgIpc) is 2.03. The van der Waals surface area contributed by atoms with E-state index in [1.54, 1.807) is 18.2 Å². The predicted octanol–water partition coefficient (Wildman–Crippen LogP) is 3.10. The minimum Gasteiger partial charge on any atom is -0.284 e. The van der Waals surface area contributed by atoms with E-state index in [1.807, 2.05) is 0 Å². The van der Waals surface area contributed by atoms with Crippen LogP contribution in [0, 0.1) is 6.92 Å². The summed E-state index contributed by atoms with van der Waals surface area (Å²) >= 11 is 0. The number of halogens is 3. The van der Waals surface area contributed by atoms with E-state index in [-0.39, 0.29) is 0 Å². The van der Waals surface area contributed by atoms with Crippen LogP contribution in [-0.2, 0) is 4.74 Å². The molecule has 1 nitrogen and oxygen atoms in total. The van der Waals surface area contributed by atoms with Crippen LogP contribution in [0.3, 0.4) is 0 Å². The minimum absolute atomic E-state index is 0.403.